The topological polar surface area (TPSA) is 51.8 Å². The van der Waals surface area contributed by atoms with Gasteiger partial charge in [0.25, 0.3) is 0 Å². The van der Waals surface area contributed by atoms with Gasteiger partial charge in [0.1, 0.15) is 0 Å². The van der Waals surface area contributed by atoms with Crippen molar-refractivity contribution in [1.29, 1.82) is 0 Å². The smallest absolute Gasteiger partial charge is 0.0889 e. The molecule has 1 atom stereocenters. The van der Waals surface area contributed by atoms with Gasteiger partial charge in [-0.05, 0) is 5.56 Å². The zero-order chi connectivity index (χ0) is 13.8. The lowest BCUT2D eigenvalue weighted by molar-refractivity contribution is 0.820. The highest BCUT2D eigenvalue weighted by Crippen LogP contribution is 2.20. The fraction of sp³-hybridized carbons (Fsp3) is 0.0588. The molecule has 3 aromatic rings. The van der Waals surface area contributed by atoms with Crippen LogP contribution in [0.4, 0.5) is 0 Å². The number of hydrogen-bond acceptors (Lipinski definition) is 3. The van der Waals surface area contributed by atoms with Crippen LogP contribution in [0.15, 0.2) is 73.1 Å². The number of nitrogens with zero attached hydrogens (tertiary/aromatic N) is 2. The van der Waals surface area contributed by atoms with Crippen molar-refractivity contribution < 1.29 is 0 Å². The van der Waals surface area contributed by atoms with Crippen LogP contribution in [0.1, 0.15) is 17.3 Å². The zero-order valence-electron chi connectivity index (χ0n) is 11.0. The lowest BCUT2D eigenvalue weighted by Gasteiger charge is -2.12. The van der Waals surface area contributed by atoms with Gasteiger partial charge in [-0.1, -0.05) is 60.7 Å². The molecule has 0 fully saturated rings. The lowest BCUT2D eigenvalue weighted by atomic mass is 10.0. The van der Waals surface area contributed by atoms with Crippen LogP contribution in [0.2, 0.25) is 0 Å². The summed E-state index contributed by atoms with van der Waals surface area (Å²) in [6.07, 6.45) is 3.49. The molecule has 0 saturated carbocycles. The molecule has 3 heteroatoms. The predicted molar refractivity (Wildman–Crippen MR) is 79.9 cm³/mol. The van der Waals surface area contributed by atoms with E-state index in [-0.39, 0.29) is 6.04 Å². The van der Waals surface area contributed by atoms with Crippen LogP contribution in [0.3, 0.4) is 0 Å². The van der Waals surface area contributed by atoms with Crippen molar-refractivity contribution >= 4 is 0 Å². The van der Waals surface area contributed by atoms with Gasteiger partial charge in [0.2, 0.25) is 0 Å². The van der Waals surface area contributed by atoms with Crippen LogP contribution >= 0.6 is 0 Å². The van der Waals surface area contributed by atoms with E-state index in [2.05, 4.69) is 9.97 Å². The van der Waals surface area contributed by atoms with Crippen molar-refractivity contribution in [3.05, 3.63) is 84.3 Å². The Morgan fingerprint density at radius 3 is 2.15 bits per heavy atom. The molecule has 2 N–H and O–H groups in total. The van der Waals surface area contributed by atoms with E-state index in [9.17, 15) is 0 Å². The van der Waals surface area contributed by atoms with Gasteiger partial charge in [-0.15, -0.1) is 0 Å². The molecule has 98 valence electrons. The van der Waals surface area contributed by atoms with E-state index in [1.165, 1.54) is 0 Å². The summed E-state index contributed by atoms with van der Waals surface area (Å²) in [4.78, 5) is 8.90. The third-order valence-electron chi connectivity index (χ3n) is 3.20. The van der Waals surface area contributed by atoms with Crippen LogP contribution in [-0.2, 0) is 0 Å². The molecule has 3 rings (SSSR count). The van der Waals surface area contributed by atoms with Crippen LogP contribution in [-0.4, -0.2) is 9.97 Å². The van der Waals surface area contributed by atoms with Crippen LogP contribution < -0.4 is 5.73 Å². The molecule has 2 aromatic carbocycles. The third-order valence-corrected chi connectivity index (χ3v) is 3.20. The van der Waals surface area contributed by atoms with Gasteiger partial charge in [-0.2, -0.15) is 0 Å². The molecule has 0 saturated heterocycles. The van der Waals surface area contributed by atoms with Crippen molar-refractivity contribution in [3.8, 4) is 11.3 Å². The van der Waals surface area contributed by atoms with Crippen molar-refractivity contribution in [3.63, 3.8) is 0 Å². The van der Waals surface area contributed by atoms with E-state index in [0.29, 0.717) is 0 Å². The van der Waals surface area contributed by atoms with Gasteiger partial charge < -0.3 is 5.73 Å². The molecular formula is C17H15N3. The molecule has 0 amide bonds. The van der Waals surface area contributed by atoms with E-state index >= 15 is 0 Å². The van der Waals surface area contributed by atoms with E-state index in [1.54, 1.807) is 12.4 Å². The van der Waals surface area contributed by atoms with E-state index in [4.69, 9.17) is 5.73 Å². The molecule has 0 spiro atoms. The van der Waals surface area contributed by atoms with Gasteiger partial charge in [0.05, 0.1) is 29.8 Å². The van der Waals surface area contributed by atoms with E-state index in [1.807, 2.05) is 60.7 Å². The van der Waals surface area contributed by atoms with Gasteiger partial charge in [0, 0.05) is 5.56 Å². The maximum Gasteiger partial charge on any atom is 0.0889 e. The molecule has 0 aliphatic rings. The summed E-state index contributed by atoms with van der Waals surface area (Å²) in [5, 5.41) is 0. The van der Waals surface area contributed by atoms with E-state index < -0.39 is 0 Å². The Hall–Kier alpha value is -2.52. The van der Waals surface area contributed by atoms with Crippen molar-refractivity contribution in [2.24, 2.45) is 5.73 Å². The maximum atomic E-state index is 6.26. The fourth-order valence-corrected chi connectivity index (χ4v) is 2.11. The average Bonchev–Trinajstić information content (AvgIpc) is 2.56. The highest BCUT2D eigenvalue weighted by atomic mass is 14.8. The highest BCUT2D eigenvalue weighted by Gasteiger charge is 2.11. The summed E-state index contributed by atoms with van der Waals surface area (Å²) >= 11 is 0. The average molecular weight is 261 g/mol. The largest absolute Gasteiger partial charge is 0.319 e. The van der Waals surface area contributed by atoms with Crippen molar-refractivity contribution in [1.82, 2.24) is 9.97 Å². The number of nitrogens with two attached hydrogens (primary N) is 1. The zero-order valence-corrected chi connectivity index (χ0v) is 11.0. The Balaban J connectivity index is 1.96. The molecule has 3 nitrogen and oxygen atoms in total. The van der Waals surface area contributed by atoms with Crippen LogP contribution in [0, 0.1) is 0 Å². The quantitative estimate of drug-likeness (QED) is 0.787. The predicted octanol–water partition coefficient (Wildman–Crippen LogP) is 3.19. The summed E-state index contributed by atoms with van der Waals surface area (Å²) in [7, 11) is 0. The summed E-state index contributed by atoms with van der Waals surface area (Å²) in [6, 6.07) is 19.7. The Morgan fingerprint density at radius 1 is 0.800 bits per heavy atom. The minimum absolute atomic E-state index is 0.257. The van der Waals surface area contributed by atoms with Crippen molar-refractivity contribution in [2.75, 3.05) is 0 Å². The van der Waals surface area contributed by atoms with Gasteiger partial charge >= 0.3 is 0 Å². The normalized spacial score (nSPS) is 12.1. The van der Waals surface area contributed by atoms with Crippen LogP contribution in [0.25, 0.3) is 11.3 Å². The molecule has 0 bridgehead atoms. The highest BCUT2D eigenvalue weighted by molar-refractivity contribution is 5.57. The molecule has 0 aliphatic carbocycles. The fourth-order valence-electron chi connectivity index (χ4n) is 2.11. The molecule has 20 heavy (non-hydrogen) atoms. The number of aromatic nitrogens is 2. The molecule has 1 heterocycles. The summed E-state index contributed by atoms with van der Waals surface area (Å²) in [5.41, 5.74) is 9.96. The Morgan fingerprint density at radius 2 is 1.45 bits per heavy atom. The number of benzene rings is 2. The lowest BCUT2D eigenvalue weighted by Crippen LogP contribution is -2.14. The SMILES string of the molecule is NC(c1ccccc1)c1cncc(-c2ccccc2)n1. The Labute approximate surface area is 118 Å². The standard InChI is InChI=1S/C17H15N3/c18-17(14-9-5-2-6-10-14)16-12-19-11-15(20-16)13-7-3-1-4-8-13/h1-12,17H,18H2. The Bertz CT molecular complexity index is 681. The van der Waals surface area contributed by atoms with Gasteiger partial charge in [-0.25, -0.2) is 4.98 Å². The minimum Gasteiger partial charge on any atom is -0.319 e. The Kier molecular flexibility index (Phi) is 3.52. The number of rotatable bonds is 3. The minimum atomic E-state index is -0.257. The van der Waals surface area contributed by atoms with Gasteiger partial charge in [0.15, 0.2) is 0 Å². The van der Waals surface area contributed by atoms with Crippen molar-refractivity contribution in [2.45, 2.75) is 6.04 Å². The monoisotopic (exact) mass is 261 g/mol. The summed E-state index contributed by atoms with van der Waals surface area (Å²) in [5.74, 6) is 0. The second-order valence-corrected chi connectivity index (χ2v) is 4.58. The maximum absolute atomic E-state index is 6.26. The first-order valence-electron chi connectivity index (χ1n) is 6.52. The summed E-state index contributed by atoms with van der Waals surface area (Å²) in [6.45, 7) is 0. The van der Waals surface area contributed by atoms with E-state index in [0.717, 1.165) is 22.5 Å². The molecule has 0 radical (unpaired) electrons. The van der Waals surface area contributed by atoms with Crippen LogP contribution in [0.5, 0.6) is 0 Å². The molecule has 0 aliphatic heterocycles. The van der Waals surface area contributed by atoms with Gasteiger partial charge in [-0.3, -0.25) is 4.98 Å². The first-order chi connectivity index (χ1) is 9.84. The second-order valence-electron chi connectivity index (χ2n) is 4.58. The molecular weight excluding hydrogens is 246 g/mol. The first-order valence-corrected chi connectivity index (χ1v) is 6.52. The summed E-state index contributed by atoms with van der Waals surface area (Å²) < 4.78 is 0. The first kappa shape index (κ1) is 12.5. The second kappa shape index (κ2) is 5.63. The number of hydrogen-bond donors (Lipinski definition) is 1. The third kappa shape index (κ3) is 2.58. The molecule has 1 aromatic heterocycles. The molecule has 1 unspecified atom stereocenters.